The molecule has 0 spiro atoms. The van der Waals surface area contributed by atoms with Gasteiger partial charge in [-0.25, -0.2) is 9.97 Å². The van der Waals surface area contributed by atoms with Crippen LogP contribution in [0.2, 0.25) is 0 Å². The average molecular weight is 230 g/mol. The minimum atomic E-state index is -5.60. The Morgan fingerprint density at radius 3 is 1.93 bits per heavy atom. The van der Waals surface area contributed by atoms with Crippen LogP contribution in [0.25, 0.3) is 0 Å². The van der Waals surface area contributed by atoms with Gasteiger partial charge in [-0.05, 0) is 17.8 Å². The van der Waals surface area contributed by atoms with Crippen LogP contribution in [0.5, 0.6) is 0 Å². The predicted octanol–water partition coefficient (Wildman–Crippen LogP) is 2.72. The molecule has 8 heteroatoms. The van der Waals surface area contributed by atoms with E-state index in [1.54, 1.807) is 0 Å². The van der Waals surface area contributed by atoms with E-state index < -0.39 is 28.3 Å². The van der Waals surface area contributed by atoms with Gasteiger partial charge in [0.05, 0.1) is 0 Å². The maximum absolute atomic E-state index is 12.4. The van der Waals surface area contributed by atoms with E-state index >= 15 is 0 Å². The third-order valence-electron chi connectivity index (χ3n) is 1.09. The third kappa shape index (κ3) is 2.53. The summed E-state index contributed by atoms with van der Waals surface area (Å²) in [5, 5.41) is -5.48. The summed E-state index contributed by atoms with van der Waals surface area (Å²) in [7, 11) is 0. The largest absolute Gasteiger partial charge is 0.464 e. The number of thioether (sulfide) groups is 1. The maximum Gasteiger partial charge on any atom is 0.464 e. The molecule has 0 aliphatic heterocycles. The van der Waals surface area contributed by atoms with Gasteiger partial charge in [0.2, 0.25) is 0 Å². The second kappa shape index (κ2) is 3.68. The van der Waals surface area contributed by atoms with Crippen LogP contribution in [0.3, 0.4) is 0 Å². The number of halogens is 5. The zero-order valence-electron chi connectivity index (χ0n) is 6.42. The highest BCUT2D eigenvalue weighted by atomic mass is 32.2. The van der Waals surface area contributed by atoms with Crippen molar-refractivity contribution in [1.29, 1.82) is 0 Å². The quantitative estimate of drug-likeness (QED) is 0.444. The van der Waals surface area contributed by atoms with E-state index in [1.807, 2.05) is 0 Å². The highest BCUT2D eigenvalue weighted by molar-refractivity contribution is 8.00. The third-order valence-corrected chi connectivity index (χ3v) is 1.97. The molecule has 0 bridgehead atoms. The van der Waals surface area contributed by atoms with Gasteiger partial charge in [-0.1, -0.05) is 0 Å². The van der Waals surface area contributed by atoms with Crippen molar-refractivity contribution in [1.82, 2.24) is 9.97 Å². The highest BCUT2D eigenvalue weighted by Crippen LogP contribution is 2.46. The van der Waals surface area contributed by atoms with Gasteiger partial charge >= 0.3 is 11.4 Å². The van der Waals surface area contributed by atoms with Gasteiger partial charge in [0.15, 0.2) is 5.16 Å². The molecule has 2 nitrogen and oxygen atoms in total. The molecular formula is C6H3F5N2S. The van der Waals surface area contributed by atoms with Crippen molar-refractivity contribution in [3.8, 4) is 0 Å². The summed E-state index contributed by atoms with van der Waals surface area (Å²) in [5.74, 6) is 0. The zero-order chi connectivity index (χ0) is 10.8. The number of hydrogen-bond acceptors (Lipinski definition) is 3. The van der Waals surface area contributed by atoms with Crippen molar-refractivity contribution in [2.24, 2.45) is 0 Å². The SMILES string of the molecule is FC(F)(F)C(F)(F)Sc1ncccn1. The molecule has 0 amide bonds. The van der Waals surface area contributed by atoms with Crippen LogP contribution in [0, 0.1) is 0 Å². The van der Waals surface area contributed by atoms with Gasteiger partial charge in [-0.15, -0.1) is 0 Å². The van der Waals surface area contributed by atoms with Crippen LogP contribution >= 0.6 is 11.8 Å². The Kier molecular flexibility index (Phi) is 2.93. The molecule has 1 rings (SSSR count). The lowest BCUT2D eigenvalue weighted by molar-refractivity contribution is -0.237. The van der Waals surface area contributed by atoms with Crippen molar-refractivity contribution in [3.05, 3.63) is 18.5 Å². The Labute approximate surface area is 79.6 Å². The summed E-state index contributed by atoms with van der Waals surface area (Å²) in [6, 6.07) is 1.32. The topological polar surface area (TPSA) is 25.8 Å². The Balaban J connectivity index is 2.79. The van der Waals surface area contributed by atoms with E-state index in [9.17, 15) is 22.0 Å². The first-order chi connectivity index (χ1) is 6.33. The summed E-state index contributed by atoms with van der Waals surface area (Å²) in [4.78, 5) is 6.50. The number of hydrogen-bond donors (Lipinski definition) is 0. The molecule has 1 aromatic rings. The zero-order valence-corrected chi connectivity index (χ0v) is 7.24. The molecule has 0 N–H and O–H groups in total. The summed E-state index contributed by atoms with van der Waals surface area (Å²) < 4.78 is 59.8. The first-order valence-electron chi connectivity index (χ1n) is 3.23. The van der Waals surface area contributed by atoms with Crippen LogP contribution in [-0.4, -0.2) is 21.4 Å². The van der Waals surface area contributed by atoms with E-state index in [2.05, 4.69) is 9.97 Å². The molecular weight excluding hydrogens is 227 g/mol. The second-order valence-electron chi connectivity index (χ2n) is 2.15. The standard InChI is InChI=1S/C6H3F5N2S/c7-5(8,9)6(10,11)14-4-12-2-1-3-13-4/h1-3H. The fourth-order valence-corrected chi connectivity index (χ4v) is 1.08. The molecule has 0 fully saturated rings. The van der Waals surface area contributed by atoms with Gasteiger partial charge in [0, 0.05) is 12.4 Å². The summed E-state index contributed by atoms with van der Waals surface area (Å²) in [5.41, 5.74) is 0. The molecule has 0 aromatic carbocycles. The smallest absolute Gasteiger partial charge is 0.231 e. The fourth-order valence-electron chi connectivity index (χ4n) is 0.511. The lowest BCUT2D eigenvalue weighted by Gasteiger charge is -2.17. The van der Waals surface area contributed by atoms with Crippen LogP contribution in [0.1, 0.15) is 0 Å². The monoisotopic (exact) mass is 230 g/mol. The molecule has 0 unspecified atom stereocenters. The predicted molar refractivity (Wildman–Crippen MR) is 38.9 cm³/mol. The van der Waals surface area contributed by atoms with Crippen molar-refractivity contribution in [2.45, 2.75) is 16.6 Å². The summed E-state index contributed by atoms with van der Waals surface area (Å²) in [6.07, 6.45) is -3.43. The molecule has 14 heavy (non-hydrogen) atoms. The fraction of sp³-hybridized carbons (Fsp3) is 0.333. The molecule has 0 saturated carbocycles. The molecule has 78 valence electrons. The minimum Gasteiger partial charge on any atom is -0.231 e. The van der Waals surface area contributed by atoms with E-state index in [1.165, 1.54) is 6.07 Å². The maximum atomic E-state index is 12.4. The van der Waals surface area contributed by atoms with Gasteiger partial charge in [0.25, 0.3) is 0 Å². The number of aromatic nitrogens is 2. The van der Waals surface area contributed by atoms with Gasteiger partial charge in [-0.2, -0.15) is 22.0 Å². The minimum absolute atomic E-state index is 0.616. The lowest BCUT2D eigenvalue weighted by Crippen LogP contribution is -2.32. The molecule has 1 heterocycles. The summed E-state index contributed by atoms with van der Waals surface area (Å²) in [6.45, 7) is 0. The molecule has 0 aliphatic rings. The van der Waals surface area contributed by atoms with E-state index in [-0.39, 0.29) is 0 Å². The van der Waals surface area contributed by atoms with Crippen molar-refractivity contribution in [2.75, 3.05) is 0 Å². The molecule has 0 radical (unpaired) electrons. The lowest BCUT2D eigenvalue weighted by atomic mass is 10.7. The second-order valence-corrected chi connectivity index (χ2v) is 3.23. The Hall–Kier alpha value is -0.920. The normalized spacial score (nSPS) is 12.9. The van der Waals surface area contributed by atoms with Gasteiger partial charge < -0.3 is 0 Å². The molecule has 0 atom stereocenters. The van der Waals surface area contributed by atoms with Crippen LogP contribution in [0.15, 0.2) is 23.6 Å². The van der Waals surface area contributed by atoms with Gasteiger partial charge in [0.1, 0.15) is 0 Å². The Morgan fingerprint density at radius 1 is 1.00 bits per heavy atom. The van der Waals surface area contributed by atoms with E-state index in [4.69, 9.17) is 0 Å². The first kappa shape index (κ1) is 11.2. The number of alkyl halides is 5. The van der Waals surface area contributed by atoms with E-state index in [0.29, 0.717) is 0 Å². The highest BCUT2D eigenvalue weighted by Gasteiger charge is 2.59. The molecule has 1 aromatic heterocycles. The Morgan fingerprint density at radius 2 is 1.50 bits per heavy atom. The van der Waals surface area contributed by atoms with Crippen molar-refractivity contribution in [3.63, 3.8) is 0 Å². The Bertz CT molecular complexity index is 299. The number of nitrogens with zero attached hydrogens (tertiary/aromatic N) is 2. The van der Waals surface area contributed by atoms with Gasteiger partial charge in [-0.3, -0.25) is 0 Å². The number of rotatable bonds is 2. The van der Waals surface area contributed by atoms with E-state index in [0.717, 1.165) is 12.4 Å². The average Bonchev–Trinajstić information content (AvgIpc) is 2.03. The van der Waals surface area contributed by atoms with Crippen LogP contribution in [-0.2, 0) is 0 Å². The molecule has 0 saturated heterocycles. The summed E-state index contributed by atoms with van der Waals surface area (Å²) >= 11 is -0.728. The van der Waals surface area contributed by atoms with Crippen molar-refractivity contribution < 1.29 is 22.0 Å². The van der Waals surface area contributed by atoms with Crippen molar-refractivity contribution >= 4 is 11.8 Å². The first-order valence-corrected chi connectivity index (χ1v) is 4.05. The van der Waals surface area contributed by atoms with Crippen LogP contribution < -0.4 is 0 Å². The molecule has 0 aliphatic carbocycles. The van der Waals surface area contributed by atoms with Crippen LogP contribution in [0.4, 0.5) is 22.0 Å².